The van der Waals surface area contributed by atoms with E-state index in [0.29, 0.717) is 12.6 Å². The third kappa shape index (κ3) is 4.71. The predicted octanol–water partition coefficient (Wildman–Crippen LogP) is 3.73. The van der Waals surface area contributed by atoms with E-state index in [1.807, 2.05) is 29.3 Å². The van der Waals surface area contributed by atoms with E-state index in [9.17, 15) is 14.7 Å². The summed E-state index contributed by atoms with van der Waals surface area (Å²) >= 11 is 0. The van der Waals surface area contributed by atoms with Crippen LogP contribution in [0.25, 0.3) is 10.9 Å². The van der Waals surface area contributed by atoms with Gasteiger partial charge in [0.1, 0.15) is 0 Å². The van der Waals surface area contributed by atoms with Crippen molar-refractivity contribution in [3.05, 3.63) is 36.0 Å². The van der Waals surface area contributed by atoms with Crippen molar-refractivity contribution >= 4 is 22.9 Å². The second kappa shape index (κ2) is 9.30. The van der Waals surface area contributed by atoms with Crippen LogP contribution in [0.2, 0.25) is 0 Å². The predicted molar refractivity (Wildman–Crippen MR) is 122 cm³/mol. The van der Waals surface area contributed by atoms with Gasteiger partial charge in [-0.05, 0) is 63.8 Å². The van der Waals surface area contributed by atoms with Crippen molar-refractivity contribution in [3.8, 4) is 0 Å². The van der Waals surface area contributed by atoms with Crippen LogP contribution in [0.1, 0.15) is 49.9 Å². The molecule has 1 N–H and O–H groups in total. The van der Waals surface area contributed by atoms with Crippen LogP contribution in [0, 0.1) is 0 Å². The van der Waals surface area contributed by atoms with Gasteiger partial charge in [-0.3, -0.25) is 9.69 Å². The van der Waals surface area contributed by atoms with Crippen LogP contribution in [-0.2, 0) is 6.54 Å². The molecule has 168 valence electrons. The van der Waals surface area contributed by atoms with Crippen LogP contribution in [0.3, 0.4) is 0 Å². The van der Waals surface area contributed by atoms with E-state index in [4.69, 9.17) is 0 Å². The molecule has 0 aliphatic carbocycles. The van der Waals surface area contributed by atoms with Crippen LogP contribution >= 0.6 is 0 Å². The molecule has 2 aromatic rings. The normalized spacial score (nSPS) is 20.5. The molecule has 0 radical (unpaired) electrons. The van der Waals surface area contributed by atoms with Crippen molar-refractivity contribution in [2.45, 2.75) is 58.2 Å². The third-order valence-electron chi connectivity index (χ3n) is 6.93. The number of carboxylic acid groups (broad SMARTS) is 1. The average Bonchev–Trinajstić information content (AvgIpc) is 3.19. The number of hydrogen-bond acceptors (Lipinski definition) is 3. The van der Waals surface area contributed by atoms with E-state index in [0.717, 1.165) is 74.9 Å². The van der Waals surface area contributed by atoms with E-state index in [1.165, 1.54) is 0 Å². The molecular formula is C24H34N4O3. The molecule has 2 aliphatic rings. The molecule has 2 aliphatic heterocycles. The Morgan fingerprint density at radius 2 is 1.84 bits per heavy atom. The Kier molecular flexibility index (Phi) is 6.51. The SMILES string of the molecule is CC(C)N1CCN(C(=O)c2ccc3c(ccn3CCC3CCCCN3C(=O)O)c2)CC1. The van der Waals surface area contributed by atoms with Crippen molar-refractivity contribution in [2.75, 3.05) is 32.7 Å². The first kappa shape index (κ1) is 21.7. The Morgan fingerprint density at radius 1 is 1.06 bits per heavy atom. The number of carbonyl (C=O) groups excluding carboxylic acids is 1. The number of carbonyl (C=O) groups is 2. The van der Waals surface area contributed by atoms with Gasteiger partial charge in [-0.25, -0.2) is 4.79 Å². The van der Waals surface area contributed by atoms with Gasteiger partial charge >= 0.3 is 6.09 Å². The number of likely N-dealkylation sites (tertiary alicyclic amines) is 1. The number of hydrogen-bond donors (Lipinski definition) is 1. The lowest BCUT2D eigenvalue weighted by Gasteiger charge is -2.37. The van der Waals surface area contributed by atoms with Crippen LogP contribution in [0.15, 0.2) is 30.5 Å². The van der Waals surface area contributed by atoms with Crippen molar-refractivity contribution in [2.24, 2.45) is 0 Å². The number of aromatic nitrogens is 1. The van der Waals surface area contributed by atoms with Crippen LogP contribution in [0.4, 0.5) is 4.79 Å². The summed E-state index contributed by atoms with van der Waals surface area (Å²) in [6.45, 7) is 9.22. The zero-order valence-corrected chi connectivity index (χ0v) is 18.7. The van der Waals surface area contributed by atoms with E-state index in [1.54, 1.807) is 4.90 Å². The summed E-state index contributed by atoms with van der Waals surface area (Å²) in [7, 11) is 0. The number of rotatable bonds is 5. The number of nitrogens with zero attached hydrogens (tertiary/aromatic N) is 4. The summed E-state index contributed by atoms with van der Waals surface area (Å²) in [6, 6.07) is 8.62. The molecule has 1 aromatic carbocycles. The Hall–Kier alpha value is -2.54. The number of amides is 2. The van der Waals surface area contributed by atoms with E-state index < -0.39 is 6.09 Å². The number of benzene rings is 1. The highest BCUT2D eigenvalue weighted by molar-refractivity contribution is 5.98. The van der Waals surface area contributed by atoms with Gasteiger partial charge in [0.05, 0.1) is 0 Å². The number of fused-ring (bicyclic) bond motifs is 1. The van der Waals surface area contributed by atoms with Gasteiger partial charge in [0.2, 0.25) is 0 Å². The van der Waals surface area contributed by atoms with Gasteiger partial charge in [0.15, 0.2) is 0 Å². The fraction of sp³-hybridized carbons (Fsp3) is 0.583. The number of piperazine rings is 1. The van der Waals surface area contributed by atoms with Crippen LogP contribution in [-0.4, -0.2) is 81.2 Å². The smallest absolute Gasteiger partial charge is 0.407 e. The second-order valence-electron chi connectivity index (χ2n) is 9.12. The summed E-state index contributed by atoms with van der Waals surface area (Å²) in [5, 5.41) is 10.5. The first-order chi connectivity index (χ1) is 14.9. The van der Waals surface area contributed by atoms with Crippen molar-refractivity contribution < 1.29 is 14.7 Å². The van der Waals surface area contributed by atoms with Gasteiger partial charge < -0.3 is 19.5 Å². The number of aryl methyl sites for hydroxylation is 1. The van der Waals surface area contributed by atoms with Gasteiger partial charge in [0.25, 0.3) is 5.91 Å². The fourth-order valence-electron chi connectivity index (χ4n) is 4.99. The highest BCUT2D eigenvalue weighted by atomic mass is 16.4. The molecule has 4 rings (SSSR count). The standard InChI is InChI=1S/C24H34N4O3/c1-18(2)25-13-15-27(16-14-25)23(29)20-6-7-22-19(17-20)8-11-26(22)12-9-21-5-3-4-10-28(21)24(30)31/h6-8,11,17-18,21H,3-5,9-10,12-16H2,1-2H3,(H,30,31). The lowest BCUT2D eigenvalue weighted by atomic mass is 10.00. The molecule has 3 heterocycles. The summed E-state index contributed by atoms with van der Waals surface area (Å²) < 4.78 is 2.18. The maximum atomic E-state index is 13.0. The average molecular weight is 427 g/mol. The van der Waals surface area contributed by atoms with Gasteiger partial charge in [-0.1, -0.05) is 0 Å². The molecule has 0 bridgehead atoms. The molecule has 0 spiro atoms. The van der Waals surface area contributed by atoms with E-state index in [-0.39, 0.29) is 11.9 Å². The minimum atomic E-state index is -0.806. The minimum absolute atomic E-state index is 0.0917. The molecule has 2 saturated heterocycles. The monoisotopic (exact) mass is 426 g/mol. The summed E-state index contributed by atoms with van der Waals surface area (Å²) in [6.07, 6.45) is 5.05. The zero-order chi connectivity index (χ0) is 22.0. The largest absolute Gasteiger partial charge is 0.465 e. The Bertz CT molecular complexity index is 930. The Morgan fingerprint density at radius 3 is 2.55 bits per heavy atom. The molecule has 1 unspecified atom stereocenters. The summed E-state index contributed by atoms with van der Waals surface area (Å²) in [4.78, 5) is 30.5. The molecule has 7 nitrogen and oxygen atoms in total. The van der Waals surface area contributed by atoms with Gasteiger partial charge in [-0.15, -0.1) is 0 Å². The summed E-state index contributed by atoms with van der Waals surface area (Å²) in [5.41, 5.74) is 1.84. The Labute approximate surface area is 184 Å². The van der Waals surface area contributed by atoms with Crippen molar-refractivity contribution in [1.82, 2.24) is 19.3 Å². The quantitative estimate of drug-likeness (QED) is 0.791. The van der Waals surface area contributed by atoms with Crippen molar-refractivity contribution in [1.29, 1.82) is 0 Å². The maximum Gasteiger partial charge on any atom is 0.407 e. The van der Waals surface area contributed by atoms with Crippen LogP contribution in [0.5, 0.6) is 0 Å². The minimum Gasteiger partial charge on any atom is -0.465 e. The van der Waals surface area contributed by atoms with E-state index >= 15 is 0 Å². The first-order valence-electron chi connectivity index (χ1n) is 11.6. The first-order valence-corrected chi connectivity index (χ1v) is 11.6. The highest BCUT2D eigenvalue weighted by Crippen LogP contribution is 2.23. The van der Waals surface area contributed by atoms with Gasteiger partial charge in [-0.2, -0.15) is 0 Å². The maximum absolute atomic E-state index is 13.0. The molecule has 31 heavy (non-hydrogen) atoms. The van der Waals surface area contributed by atoms with Crippen LogP contribution < -0.4 is 0 Å². The fourth-order valence-corrected chi connectivity index (χ4v) is 4.99. The topological polar surface area (TPSA) is 69.0 Å². The molecule has 2 amide bonds. The molecule has 0 saturated carbocycles. The van der Waals surface area contributed by atoms with Gasteiger partial charge in [0, 0.05) is 74.0 Å². The molecule has 1 atom stereocenters. The second-order valence-corrected chi connectivity index (χ2v) is 9.12. The lowest BCUT2D eigenvalue weighted by Crippen LogP contribution is -2.50. The number of piperidine rings is 1. The lowest BCUT2D eigenvalue weighted by molar-refractivity contribution is 0.0595. The van der Waals surface area contributed by atoms with Crippen molar-refractivity contribution in [3.63, 3.8) is 0 Å². The molecular weight excluding hydrogens is 392 g/mol. The molecule has 7 heteroatoms. The third-order valence-corrected chi connectivity index (χ3v) is 6.93. The Balaban J connectivity index is 1.41. The molecule has 1 aromatic heterocycles. The molecule has 2 fully saturated rings. The summed E-state index contributed by atoms with van der Waals surface area (Å²) in [5.74, 6) is 0.109. The van der Waals surface area contributed by atoms with E-state index in [2.05, 4.69) is 29.4 Å². The zero-order valence-electron chi connectivity index (χ0n) is 18.7. The highest BCUT2D eigenvalue weighted by Gasteiger charge is 2.26.